The first kappa shape index (κ1) is 12.6. The number of carbonyl (C=O) groups excluding carboxylic acids is 2. The van der Waals surface area contributed by atoms with E-state index in [4.69, 9.17) is 10.5 Å². The van der Waals surface area contributed by atoms with E-state index in [2.05, 4.69) is 0 Å². The van der Waals surface area contributed by atoms with Gasteiger partial charge in [-0.1, -0.05) is 30.3 Å². The maximum atomic E-state index is 12.6. The average molecular weight is 267 g/mol. The summed E-state index contributed by atoms with van der Waals surface area (Å²) in [5, 5.41) is 0. The Kier molecular flexibility index (Phi) is 2.88. The molecule has 0 fully saturated rings. The second kappa shape index (κ2) is 4.58. The lowest BCUT2D eigenvalue weighted by Crippen LogP contribution is -2.23. The second-order valence-electron chi connectivity index (χ2n) is 4.70. The van der Waals surface area contributed by atoms with Gasteiger partial charge in [-0.15, -0.1) is 0 Å². The van der Waals surface area contributed by atoms with Crippen molar-refractivity contribution in [2.24, 2.45) is 0 Å². The number of nitrogens with two attached hydrogens (primary N) is 1. The lowest BCUT2D eigenvalue weighted by Gasteiger charge is -2.20. The van der Waals surface area contributed by atoms with Gasteiger partial charge in [-0.3, -0.25) is 9.59 Å². The van der Waals surface area contributed by atoms with E-state index < -0.39 is 0 Å². The summed E-state index contributed by atoms with van der Waals surface area (Å²) in [7, 11) is 1.56. The van der Waals surface area contributed by atoms with Crippen LogP contribution in [0.15, 0.2) is 36.4 Å². The van der Waals surface area contributed by atoms with E-state index in [1.165, 1.54) is 0 Å². The number of fused-ring (bicyclic) bond motifs is 2. The van der Waals surface area contributed by atoms with Crippen molar-refractivity contribution in [1.82, 2.24) is 0 Å². The molecule has 0 radical (unpaired) electrons. The van der Waals surface area contributed by atoms with Crippen LogP contribution in [0.3, 0.4) is 0 Å². The summed E-state index contributed by atoms with van der Waals surface area (Å²) in [5.41, 5.74) is 8.60. The zero-order chi connectivity index (χ0) is 14.3. The molecule has 4 nitrogen and oxygen atoms in total. The number of hydrogen-bond donors (Lipinski definition) is 1. The van der Waals surface area contributed by atoms with E-state index in [1.807, 2.05) is 0 Å². The van der Waals surface area contributed by atoms with Gasteiger partial charge in [0.1, 0.15) is 0 Å². The van der Waals surface area contributed by atoms with Crippen LogP contribution in [-0.4, -0.2) is 18.7 Å². The molecule has 0 unspecified atom stereocenters. The maximum absolute atomic E-state index is 12.6. The fourth-order valence-electron chi connectivity index (χ4n) is 2.54. The Morgan fingerprint density at radius 3 is 2.25 bits per heavy atom. The van der Waals surface area contributed by atoms with Crippen LogP contribution < -0.4 is 5.73 Å². The molecule has 0 atom stereocenters. The highest BCUT2D eigenvalue weighted by molar-refractivity contribution is 6.30. The minimum absolute atomic E-state index is 0.161. The molecule has 0 amide bonds. The van der Waals surface area contributed by atoms with Gasteiger partial charge < -0.3 is 10.5 Å². The van der Waals surface area contributed by atoms with Gasteiger partial charge >= 0.3 is 0 Å². The van der Waals surface area contributed by atoms with Gasteiger partial charge in [-0.25, -0.2) is 0 Å². The van der Waals surface area contributed by atoms with Crippen LogP contribution in [0.1, 0.15) is 37.4 Å². The summed E-state index contributed by atoms with van der Waals surface area (Å²) in [4.78, 5) is 25.0. The molecule has 0 heterocycles. The molecule has 1 aliphatic rings. The Labute approximate surface area is 116 Å². The third kappa shape index (κ3) is 1.66. The van der Waals surface area contributed by atoms with Gasteiger partial charge in [0.05, 0.1) is 12.2 Å². The zero-order valence-corrected chi connectivity index (χ0v) is 11.0. The fourth-order valence-corrected chi connectivity index (χ4v) is 2.54. The van der Waals surface area contributed by atoms with Gasteiger partial charge in [-0.05, 0) is 6.07 Å². The Morgan fingerprint density at radius 2 is 1.60 bits per heavy atom. The monoisotopic (exact) mass is 267 g/mol. The minimum Gasteiger partial charge on any atom is -0.398 e. The van der Waals surface area contributed by atoms with Gasteiger partial charge in [0.15, 0.2) is 11.6 Å². The summed E-state index contributed by atoms with van der Waals surface area (Å²) >= 11 is 0. The van der Waals surface area contributed by atoms with E-state index in [0.717, 1.165) is 0 Å². The van der Waals surface area contributed by atoms with Gasteiger partial charge in [-0.2, -0.15) is 0 Å². The lowest BCUT2D eigenvalue weighted by molar-refractivity contribution is 0.0979. The second-order valence-corrected chi connectivity index (χ2v) is 4.70. The SMILES string of the molecule is COCc1ccc2c(c1N)C(=O)c1ccccc1C2=O. The summed E-state index contributed by atoms with van der Waals surface area (Å²) in [6.45, 7) is 0.308. The Morgan fingerprint density at radius 1 is 0.950 bits per heavy atom. The number of nitrogen functional groups attached to an aromatic ring is 1. The fraction of sp³-hybridized carbons (Fsp3) is 0.125. The predicted octanol–water partition coefficient (Wildman–Crippen LogP) is 2.19. The van der Waals surface area contributed by atoms with E-state index in [0.29, 0.717) is 40.1 Å². The average Bonchev–Trinajstić information content (AvgIpc) is 2.47. The molecule has 0 bridgehead atoms. The minimum atomic E-state index is -0.203. The molecule has 3 rings (SSSR count). The summed E-state index contributed by atoms with van der Waals surface area (Å²) in [6, 6.07) is 10.2. The van der Waals surface area contributed by atoms with Crippen LogP contribution in [0.25, 0.3) is 0 Å². The number of rotatable bonds is 2. The van der Waals surface area contributed by atoms with Crippen LogP contribution in [0.4, 0.5) is 5.69 Å². The highest BCUT2D eigenvalue weighted by Gasteiger charge is 2.31. The number of carbonyl (C=O) groups is 2. The van der Waals surface area contributed by atoms with Crippen molar-refractivity contribution in [2.45, 2.75) is 6.61 Å². The van der Waals surface area contributed by atoms with Crippen LogP contribution in [0.5, 0.6) is 0 Å². The molecule has 0 saturated heterocycles. The zero-order valence-electron chi connectivity index (χ0n) is 11.0. The molecule has 4 heteroatoms. The molecule has 2 N–H and O–H groups in total. The Balaban J connectivity index is 2.26. The summed E-state index contributed by atoms with van der Waals surface area (Å²) in [6.07, 6.45) is 0. The van der Waals surface area contributed by atoms with Gasteiger partial charge in [0, 0.05) is 35.1 Å². The van der Waals surface area contributed by atoms with E-state index in [1.54, 1.807) is 43.5 Å². The third-order valence-corrected chi connectivity index (χ3v) is 3.52. The van der Waals surface area contributed by atoms with E-state index in [-0.39, 0.29) is 11.6 Å². The first-order chi connectivity index (χ1) is 9.65. The molecule has 0 saturated carbocycles. The van der Waals surface area contributed by atoms with E-state index >= 15 is 0 Å². The molecular weight excluding hydrogens is 254 g/mol. The molecular formula is C16H13NO3. The normalized spacial score (nSPS) is 13.1. The highest BCUT2D eigenvalue weighted by Crippen LogP contribution is 2.32. The molecule has 1 aliphatic carbocycles. The summed E-state index contributed by atoms with van der Waals surface area (Å²) in [5.74, 6) is -0.364. The number of anilines is 1. The number of hydrogen-bond acceptors (Lipinski definition) is 4. The molecule has 100 valence electrons. The molecule has 0 aliphatic heterocycles. The number of methoxy groups -OCH3 is 1. The van der Waals surface area contributed by atoms with Crippen LogP contribution >= 0.6 is 0 Å². The molecule has 0 aromatic heterocycles. The van der Waals surface area contributed by atoms with Gasteiger partial charge in [0.2, 0.25) is 0 Å². The van der Waals surface area contributed by atoms with Crippen molar-refractivity contribution in [3.63, 3.8) is 0 Å². The lowest BCUT2D eigenvalue weighted by atomic mass is 9.82. The topological polar surface area (TPSA) is 69.4 Å². The largest absolute Gasteiger partial charge is 0.398 e. The number of benzene rings is 2. The smallest absolute Gasteiger partial charge is 0.196 e. The van der Waals surface area contributed by atoms with Crippen molar-refractivity contribution in [1.29, 1.82) is 0 Å². The van der Waals surface area contributed by atoms with Crippen LogP contribution in [-0.2, 0) is 11.3 Å². The molecule has 20 heavy (non-hydrogen) atoms. The molecule has 2 aromatic rings. The Hall–Kier alpha value is -2.46. The van der Waals surface area contributed by atoms with Crippen LogP contribution in [0, 0.1) is 0 Å². The summed E-state index contributed by atoms with van der Waals surface area (Å²) < 4.78 is 5.06. The van der Waals surface area contributed by atoms with Crippen LogP contribution in [0.2, 0.25) is 0 Å². The van der Waals surface area contributed by atoms with Crippen molar-refractivity contribution >= 4 is 17.3 Å². The number of ether oxygens (including phenoxy) is 1. The maximum Gasteiger partial charge on any atom is 0.196 e. The van der Waals surface area contributed by atoms with Gasteiger partial charge in [0.25, 0.3) is 0 Å². The van der Waals surface area contributed by atoms with Crippen molar-refractivity contribution in [3.05, 3.63) is 64.2 Å². The molecule has 0 spiro atoms. The first-order valence-corrected chi connectivity index (χ1v) is 6.24. The Bertz CT molecular complexity index is 734. The molecule has 2 aromatic carbocycles. The standard InChI is InChI=1S/C16H13NO3/c1-20-8-9-6-7-12-13(14(9)17)16(19)11-5-3-2-4-10(11)15(12)18/h2-7H,8,17H2,1H3. The third-order valence-electron chi connectivity index (χ3n) is 3.52. The van der Waals surface area contributed by atoms with Crippen molar-refractivity contribution < 1.29 is 14.3 Å². The van der Waals surface area contributed by atoms with Crippen molar-refractivity contribution in [2.75, 3.05) is 12.8 Å². The quantitative estimate of drug-likeness (QED) is 0.723. The van der Waals surface area contributed by atoms with Crippen molar-refractivity contribution in [3.8, 4) is 0 Å². The first-order valence-electron chi connectivity index (χ1n) is 6.24. The number of ketones is 2. The van der Waals surface area contributed by atoms with E-state index in [9.17, 15) is 9.59 Å². The predicted molar refractivity (Wildman–Crippen MR) is 74.9 cm³/mol. The highest BCUT2D eigenvalue weighted by atomic mass is 16.5.